The van der Waals surface area contributed by atoms with Crippen molar-refractivity contribution in [2.75, 3.05) is 0 Å². The second-order valence-corrected chi connectivity index (χ2v) is 5.51. The smallest absolute Gasteiger partial charge is 0.199 e. The Morgan fingerprint density at radius 3 is 2.74 bits per heavy atom. The Balaban J connectivity index is 2.22. The molecule has 0 amide bonds. The highest BCUT2D eigenvalue weighted by Crippen LogP contribution is 2.32. The minimum Gasteiger partial charge on any atom is -0.457 e. The van der Waals surface area contributed by atoms with Gasteiger partial charge in [0, 0.05) is 27.7 Å². The van der Waals surface area contributed by atoms with Crippen LogP contribution in [0.1, 0.15) is 15.9 Å². The zero-order valence-corrected chi connectivity index (χ0v) is 12.4. The number of benzene rings is 1. The first-order valence-corrected chi connectivity index (χ1v) is 6.86. The summed E-state index contributed by atoms with van der Waals surface area (Å²) in [7, 11) is 0. The van der Waals surface area contributed by atoms with Crippen LogP contribution < -0.4 is 0 Å². The standard InChI is InChI=1S/C13H6BrCl2NO2/c14-13-7(1-2-19-13)12(18)8-5-17-10-4-6(15)3-9(16)11(8)10/h1-5,17H. The van der Waals surface area contributed by atoms with Crippen LogP contribution in [-0.2, 0) is 0 Å². The molecule has 0 spiro atoms. The van der Waals surface area contributed by atoms with Gasteiger partial charge in [0.2, 0.25) is 0 Å². The summed E-state index contributed by atoms with van der Waals surface area (Å²) in [4.78, 5) is 15.4. The zero-order valence-electron chi connectivity index (χ0n) is 9.34. The third-order valence-electron chi connectivity index (χ3n) is 2.80. The number of carbonyl (C=O) groups excluding carboxylic acids is 1. The van der Waals surface area contributed by atoms with Crippen LogP contribution in [0.3, 0.4) is 0 Å². The first-order chi connectivity index (χ1) is 9.08. The number of aromatic amines is 1. The van der Waals surface area contributed by atoms with Gasteiger partial charge in [-0.3, -0.25) is 4.79 Å². The van der Waals surface area contributed by atoms with Crippen molar-refractivity contribution < 1.29 is 9.21 Å². The normalized spacial score (nSPS) is 11.1. The van der Waals surface area contributed by atoms with Crippen molar-refractivity contribution in [3.63, 3.8) is 0 Å². The second kappa shape index (κ2) is 4.71. The SMILES string of the molecule is O=C(c1ccoc1Br)c1c[nH]c2cc(Cl)cc(Cl)c12. The van der Waals surface area contributed by atoms with Gasteiger partial charge in [0.1, 0.15) is 0 Å². The Hall–Kier alpha value is -1.23. The maximum atomic E-state index is 12.4. The third kappa shape index (κ3) is 2.10. The lowest BCUT2D eigenvalue weighted by Gasteiger charge is -2.00. The molecule has 0 saturated carbocycles. The predicted molar refractivity (Wildman–Crippen MR) is 78.2 cm³/mol. The Labute approximate surface area is 126 Å². The van der Waals surface area contributed by atoms with Gasteiger partial charge in [0.15, 0.2) is 10.5 Å². The van der Waals surface area contributed by atoms with Crippen molar-refractivity contribution in [1.82, 2.24) is 4.98 Å². The fourth-order valence-corrected chi connectivity index (χ4v) is 2.98. The van der Waals surface area contributed by atoms with Gasteiger partial charge in [-0.1, -0.05) is 23.2 Å². The molecule has 0 aliphatic carbocycles. The molecule has 0 aliphatic rings. The molecule has 0 unspecified atom stereocenters. The summed E-state index contributed by atoms with van der Waals surface area (Å²) < 4.78 is 5.48. The number of halogens is 3. The number of H-pyrrole nitrogens is 1. The number of carbonyl (C=O) groups is 1. The van der Waals surface area contributed by atoms with Crippen LogP contribution in [-0.4, -0.2) is 10.8 Å². The van der Waals surface area contributed by atoms with Crippen molar-refractivity contribution in [1.29, 1.82) is 0 Å². The summed E-state index contributed by atoms with van der Waals surface area (Å²) >= 11 is 15.3. The number of nitrogens with one attached hydrogen (secondary N) is 1. The molecule has 3 aromatic rings. The van der Waals surface area contributed by atoms with E-state index in [9.17, 15) is 4.79 Å². The maximum absolute atomic E-state index is 12.4. The van der Waals surface area contributed by atoms with E-state index in [0.29, 0.717) is 31.2 Å². The van der Waals surface area contributed by atoms with E-state index < -0.39 is 0 Å². The van der Waals surface area contributed by atoms with Crippen molar-refractivity contribution in [2.45, 2.75) is 0 Å². The Morgan fingerprint density at radius 2 is 2.05 bits per heavy atom. The van der Waals surface area contributed by atoms with Crippen LogP contribution in [0.5, 0.6) is 0 Å². The number of rotatable bonds is 2. The summed E-state index contributed by atoms with van der Waals surface area (Å²) in [5, 5.41) is 1.61. The van der Waals surface area contributed by atoms with Gasteiger partial charge in [-0.25, -0.2) is 0 Å². The molecule has 1 aromatic carbocycles. The number of hydrogen-bond acceptors (Lipinski definition) is 2. The molecule has 0 fully saturated rings. The van der Waals surface area contributed by atoms with Gasteiger partial charge in [-0.05, 0) is 34.1 Å². The molecular weight excluding hydrogens is 353 g/mol. The molecule has 3 rings (SSSR count). The lowest BCUT2D eigenvalue weighted by Crippen LogP contribution is -1.99. The minimum atomic E-state index is -0.170. The fourth-order valence-electron chi connectivity index (χ4n) is 1.96. The van der Waals surface area contributed by atoms with E-state index in [1.807, 2.05) is 0 Å². The highest BCUT2D eigenvalue weighted by atomic mass is 79.9. The molecule has 0 saturated heterocycles. The van der Waals surface area contributed by atoms with E-state index in [0.717, 1.165) is 5.52 Å². The predicted octanol–water partition coefficient (Wildman–Crippen LogP) is 5.06. The van der Waals surface area contributed by atoms with E-state index in [2.05, 4.69) is 20.9 Å². The van der Waals surface area contributed by atoms with E-state index in [-0.39, 0.29) is 5.78 Å². The average Bonchev–Trinajstić information content (AvgIpc) is 2.94. The van der Waals surface area contributed by atoms with Crippen LogP contribution in [0.25, 0.3) is 10.9 Å². The molecular formula is C13H6BrCl2NO2. The highest BCUT2D eigenvalue weighted by molar-refractivity contribution is 9.10. The van der Waals surface area contributed by atoms with Gasteiger partial charge in [0.25, 0.3) is 0 Å². The van der Waals surface area contributed by atoms with E-state index >= 15 is 0 Å². The summed E-state index contributed by atoms with van der Waals surface area (Å²) in [6, 6.07) is 4.94. The number of aromatic nitrogens is 1. The molecule has 19 heavy (non-hydrogen) atoms. The Morgan fingerprint density at radius 1 is 1.26 bits per heavy atom. The quantitative estimate of drug-likeness (QED) is 0.650. The lowest BCUT2D eigenvalue weighted by atomic mass is 10.1. The summed E-state index contributed by atoms with van der Waals surface area (Å²) in [6.45, 7) is 0. The van der Waals surface area contributed by atoms with Crippen LogP contribution in [0.2, 0.25) is 10.0 Å². The zero-order chi connectivity index (χ0) is 13.6. The average molecular weight is 359 g/mol. The summed E-state index contributed by atoms with van der Waals surface area (Å²) in [6.07, 6.45) is 3.07. The maximum Gasteiger partial charge on any atom is 0.199 e. The minimum absolute atomic E-state index is 0.170. The van der Waals surface area contributed by atoms with Gasteiger partial charge in [-0.2, -0.15) is 0 Å². The van der Waals surface area contributed by atoms with E-state index in [4.69, 9.17) is 27.6 Å². The Bertz CT molecular complexity index is 791. The van der Waals surface area contributed by atoms with Crippen molar-refractivity contribution in [3.05, 3.63) is 56.5 Å². The van der Waals surface area contributed by atoms with E-state index in [1.165, 1.54) is 6.26 Å². The van der Waals surface area contributed by atoms with Gasteiger partial charge >= 0.3 is 0 Å². The number of furan rings is 1. The lowest BCUT2D eigenvalue weighted by molar-refractivity contribution is 0.103. The molecule has 0 atom stereocenters. The van der Waals surface area contributed by atoms with Crippen molar-refractivity contribution in [2.24, 2.45) is 0 Å². The molecule has 2 aromatic heterocycles. The molecule has 1 N–H and O–H groups in total. The molecule has 2 heterocycles. The fraction of sp³-hybridized carbons (Fsp3) is 0. The monoisotopic (exact) mass is 357 g/mol. The first-order valence-electron chi connectivity index (χ1n) is 5.31. The van der Waals surface area contributed by atoms with Crippen LogP contribution >= 0.6 is 39.1 Å². The van der Waals surface area contributed by atoms with Crippen LogP contribution in [0.4, 0.5) is 0 Å². The van der Waals surface area contributed by atoms with E-state index in [1.54, 1.807) is 24.4 Å². The second-order valence-electron chi connectivity index (χ2n) is 3.95. The first kappa shape index (κ1) is 12.8. The van der Waals surface area contributed by atoms with Crippen molar-refractivity contribution in [3.8, 4) is 0 Å². The molecule has 0 radical (unpaired) electrons. The van der Waals surface area contributed by atoms with Crippen LogP contribution in [0, 0.1) is 0 Å². The van der Waals surface area contributed by atoms with Gasteiger partial charge in [-0.15, -0.1) is 0 Å². The largest absolute Gasteiger partial charge is 0.457 e. The molecule has 3 nitrogen and oxygen atoms in total. The van der Waals surface area contributed by atoms with Gasteiger partial charge in [0.05, 0.1) is 16.8 Å². The molecule has 0 bridgehead atoms. The Kier molecular flexibility index (Phi) is 3.17. The van der Waals surface area contributed by atoms with Crippen LogP contribution in [0.15, 0.2) is 39.7 Å². The number of ketones is 1. The molecule has 0 aliphatic heterocycles. The van der Waals surface area contributed by atoms with Crippen molar-refractivity contribution >= 4 is 55.8 Å². The molecule has 96 valence electrons. The topological polar surface area (TPSA) is 46.0 Å². The highest BCUT2D eigenvalue weighted by Gasteiger charge is 2.20. The summed E-state index contributed by atoms with van der Waals surface area (Å²) in [5.41, 5.74) is 1.66. The molecule has 6 heteroatoms. The summed E-state index contributed by atoms with van der Waals surface area (Å²) in [5.74, 6) is -0.170. The van der Waals surface area contributed by atoms with Gasteiger partial charge < -0.3 is 9.40 Å². The number of fused-ring (bicyclic) bond motifs is 1. The number of hydrogen-bond donors (Lipinski definition) is 1. The third-order valence-corrected chi connectivity index (χ3v) is 3.93.